The third-order valence-electron chi connectivity index (χ3n) is 2.79. The minimum Gasteiger partial charge on any atom is -0.465 e. The van der Waals surface area contributed by atoms with Gasteiger partial charge >= 0.3 is 12.1 Å². The van der Waals surface area contributed by atoms with E-state index in [-0.39, 0.29) is 21.8 Å². The molecule has 2 rings (SSSR count). The summed E-state index contributed by atoms with van der Waals surface area (Å²) >= 11 is 5.75. The van der Waals surface area contributed by atoms with Crippen LogP contribution in [-0.4, -0.2) is 18.1 Å². The van der Waals surface area contributed by atoms with E-state index in [0.29, 0.717) is 0 Å². The Labute approximate surface area is 123 Å². The van der Waals surface area contributed by atoms with Gasteiger partial charge in [-0.15, -0.1) is 0 Å². The van der Waals surface area contributed by atoms with Gasteiger partial charge in [-0.2, -0.15) is 13.2 Å². The lowest BCUT2D eigenvalue weighted by Crippen LogP contribution is -2.08. The summed E-state index contributed by atoms with van der Waals surface area (Å²) in [6.45, 7) is 0. The van der Waals surface area contributed by atoms with Gasteiger partial charge in [0.05, 0.1) is 18.2 Å². The summed E-state index contributed by atoms with van der Waals surface area (Å²) in [4.78, 5) is 15.3. The third kappa shape index (κ3) is 3.16. The number of rotatable bonds is 2. The Bertz CT molecular complexity index is 686. The molecule has 0 atom stereocenters. The molecule has 0 saturated heterocycles. The summed E-state index contributed by atoms with van der Waals surface area (Å²) in [5.74, 6) is -0.765. The molecular weight excluding hydrogens is 307 g/mol. The lowest BCUT2D eigenvalue weighted by Gasteiger charge is -2.13. The minimum absolute atomic E-state index is 0.0840. The highest BCUT2D eigenvalue weighted by molar-refractivity contribution is 6.32. The Balaban J connectivity index is 2.61. The molecule has 0 aliphatic rings. The van der Waals surface area contributed by atoms with E-state index < -0.39 is 17.7 Å². The van der Waals surface area contributed by atoms with Crippen LogP contribution in [-0.2, 0) is 10.9 Å². The van der Waals surface area contributed by atoms with Crippen LogP contribution in [0.25, 0.3) is 11.1 Å². The highest BCUT2D eigenvalue weighted by Crippen LogP contribution is 2.37. The monoisotopic (exact) mass is 315 g/mol. The number of methoxy groups -OCH3 is 1. The summed E-state index contributed by atoms with van der Waals surface area (Å²) in [5.41, 5.74) is -0.856. The van der Waals surface area contributed by atoms with Crippen LogP contribution in [0, 0.1) is 0 Å². The third-order valence-corrected chi connectivity index (χ3v) is 3.09. The molecule has 0 aliphatic carbocycles. The van der Waals surface area contributed by atoms with E-state index in [2.05, 4.69) is 9.72 Å². The SMILES string of the molecule is COC(=O)c1cc(-c2ccccc2C(F)(F)F)cnc1Cl. The molecule has 0 aliphatic heterocycles. The predicted molar refractivity (Wildman–Crippen MR) is 71.0 cm³/mol. The van der Waals surface area contributed by atoms with Crippen molar-refractivity contribution in [3.8, 4) is 11.1 Å². The number of halogens is 4. The second kappa shape index (κ2) is 5.73. The number of hydrogen-bond donors (Lipinski definition) is 0. The number of benzene rings is 1. The zero-order valence-corrected chi connectivity index (χ0v) is 11.5. The number of nitrogens with zero attached hydrogens (tertiary/aromatic N) is 1. The van der Waals surface area contributed by atoms with Crippen molar-refractivity contribution in [1.29, 1.82) is 0 Å². The molecule has 0 N–H and O–H groups in total. The van der Waals surface area contributed by atoms with E-state index >= 15 is 0 Å². The second-order valence-corrected chi connectivity index (χ2v) is 4.46. The van der Waals surface area contributed by atoms with Crippen LogP contribution in [0.5, 0.6) is 0 Å². The fourth-order valence-electron chi connectivity index (χ4n) is 1.83. The minimum atomic E-state index is -4.51. The van der Waals surface area contributed by atoms with Crippen LogP contribution in [0.1, 0.15) is 15.9 Å². The molecule has 21 heavy (non-hydrogen) atoms. The number of aromatic nitrogens is 1. The van der Waals surface area contributed by atoms with Gasteiger partial charge < -0.3 is 4.74 Å². The van der Waals surface area contributed by atoms with Crippen molar-refractivity contribution in [3.05, 3.63) is 52.8 Å². The average molecular weight is 316 g/mol. The number of carbonyl (C=O) groups excluding carboxylic acids is 1. The molecule has 0 amide bonds. The van der Waals surface area contributed by atoms with Crippen molar-refractivity contribution in [2.75, 3.05) is 7.11 Å². The van der Waals surface area contributed by atoms with E-state index in [1.807, 2.05) is 0 Å². The van der Waals surface area contributed by atoms with E-state index in [0.717, 1.165) is 13.2 Å². The molecule has 1 aromatic carbocycles. The Morgan fingerprint density at radius 2 is 1.95 bits per heavy atom. The van der Waals surface area contributed by atoms with Gasteiger partial charge in [-0.25, -0.2) is 9.78 Å². The first kappa shape index (κ1) is 15.3. The van der Waals surface area contributed by atoms with Crippen LogP contribution in [0.3, 0.4) is 0 Å². The molecule has 2 aromatic rings. The summed E-state index contributed by atoms with van der Waals surface area (Å²) in [7, 11) is 1.15. The molecule has 0 spiro atoms. The van der Waals surface area contributed by atoms with Gasteiger partial charge in [-0.3, -0.25) is 0 Å². The Kier molecular flexibility index (Phi) is 4.18. The van der Waals surface area contributed by atoms with Gasteiger partial charge in [0, 0.05) is 11.8 Å². The van der Waals surface area contributed by atoms with E-state index in [1.165, 1.54) is 30.5 Å². The first-order valence-corrected chi connectivity index (χ1v) is 6.13. The number of ether oxygens (including phenoxy) is 1. The van der Waals surface area contributed by atoms with Crippen molar-refractivity contribution < 1.29 is 22.7 Å². The number of carbonyl (C=O) groups is 1. The van der Waals surface area contributed by atoms with Crippen molar-refractivity contribution in [2.45, 2.75) is 6.18 Å². The normalized spacial score (nSPS) is 11.3. The van der Waals surface area contributed by atoms with E-state index in [1.54, 1.807) is 0 Å². The van der Waals surface area contributed by atoms with Gasteiger partial charge in [0.2, 0.25) is 0 Å². The number of pyridine rings is 1. The van der Waals surface area contributed by atoms with Gasteiger partial charge in [0.15, 0.2) is 0 Å². The van der Waals surface area contributed by atoms with Crippen molar-refractivity contribution >= 4 is 17.6 Å². The molecule has 0 unspecified atom stereocenters. The van der Waals surface area contributed by atoms with Crippen LogP contribution in [0.4, 0.5) is 13.2 Å². The van der Waals surface area contributed by atoms with Crippen LogP contribution < -0.4 is 0 Å². The lowest BCUT2D eigenvalue weighted by molar-refractivity contribution is -0.137. The molecule has 3 nitrogen and oxygen atoms in total. The Morgan fingerprint density at radius 3 is 2.57 bits per heavy atom. The summed E-state index contributed by atoms with van der Waals surface area (Å²) in [6, 6.07) is 6.25. The summed E-state index contributed by atoms with van der Waals surface area (Å²) < 4.78 is 43.5. The maximum Gasteiger partial charge on any atom is 0.417 e. The maximum absolute atomic E-state index is 13.0. The van der Waals surface area contributed by atoms with E-state index in [4.69, 9.17) is 11.6 Å². The number of esters is 1. The van der Waals surface area contributed by atoms with Crippen LogP contribution in [0.15, 0.2) is 36.5 Å². The van der Waals surface area contributed by atoms with Gasteiger partial charge in [0.25, 0.3) is 0 Å². The predicted octanol–water partition coefficient (Wildman–Crippen LogP) is 4.21. The molecule has 1 aromatic heterocycles. The topological polar surface area (TPSA) is 39.2 Å². The van der Waals surface area contributed by atoms with E-state index in [9.17, 15) is 18.0 Å². The van der Waals surface area contributed by atoms with Crippen molar-refractivity contribution in [3.63, 3.8) is 0 Å². The standard InChI is InChI=1S/C14H9ClF3NO2/c1-21-13(20)10-6-8(7-19-12(10)15)9-4-2-3-5-11(9)14(16,17)18/h2-7H,1H3. The van der Waals surface area contributed by atoms with Crippen molar-refractivity contribution in [2.24, 2.45) is 0 Å². The maximum atomic E-state index is 13.0. The van der Waals surface area contributed by atoms with Gasteiger partial charge in [0.1, 0.15) is 5.15 Å². The molecular formula is C14H9ClF3NO2. The smallest absolute Gasteiger partial charge is 0.417 e. The fourth-order valence-corrected chi connectivity index (χ4v) is 2.01. The largest absolute Gasteiger partial charge is 0.465 e. The Morgan fingerprint density at radius 1 is 1.29 bits per heavy atom. The number of hydrogen-bond acceptors (Lipinski definition) is 3. The second-order valence-electron chi connectivity index (χ2n) is 4.10. The number of alkyl halides is 3. The highest BCUT2D eigenvalue weighted by atomic mass is 35.5. The molecule has 7 heteroatoms. The van der Waals surface area contributed by atoms with Crippen LogP contribution in [0.2, 0.25) is 5.15 Å². The first-order chi connectivity index (χ1) is 9.84. The molecule has 0 fully saturated rings. The molecule has 0 radical (unpaired) electrons. The highest BCUT2D eigenvalue weighted by Gasteiger charge is 2.33. The van der Waals surface area contributed by atoms with Crippen molar-refractivity contribution in [1.82, 2.24) is 4.98 Å². The zero-order chi connectivity index (χ0) is 15.6. The molecule has 110 valence electrons. The summed E-state index contributed by atoms with van der Waals surface area (Å²) in [6.07, 6.45) is -3.33. The van der Waals surface area contributed by atoms with Gasteiger partial charge in [-0.1, -0.05) is 29.8 Å². The zero-order valence-electron chi connectivity index (χ0n) is 10.7. The summed E-state index contributed by atoms with van der Waals surface area (Å²) in [5, 5.41) is -0.130. The lowest BCUT2D eigenvalue weighted by atomic mass is 10.00. The first-order valence-electron chi connectivity index (χ1n) is 5.75. The molecule has 1 heterocycles. The van der Waals surface area contributed by atoms with Crippen LogP contribution >= 0.6 is 11.6 Å². The molecule has 0 bridgehead atoms. The average Bonchev–Trinajstić information content (AvgIpc) is 2.46. The molecule has 0 saturated carbocycles. The van der Waals surface area contributed by atoms with Gasteiger partial charge in [-0.05, 0) is 17.7 Å². The fraction of sp³-hybridized carbons (Fsp3) is 0.143. The quantitative estimate of drug-likeness (QED) is 0.615. The Hall–Kier alpha value is -2.08.